The third kappa shape index (κ3) is 1.09. The van der Waals surface area contributed by atoms with Crippen LogP contribution in [0.4, 0.5) is 0 Å². The van der Waals surface area contributed by atoms with E-state index in [0.717, 1.165) is 12.8 Å². The van der Waals surface area contributed by atoms with Crippen LogP contribution >= 0.6 is 0 Å². The number of aromatic nitrogens is 2. The van der Waals surface area contributed by atoms with Crippen LogP contribution < -0.4 is 0 Å². The van der Waals surface area contributed by atoms with Crippen LogP contribution in [0.3, 0.4) is 0 Å². The predicted octanol–water partition coefficient (Wildman–Crippen LogP) is 1.70. The summed E-state index contributed by atoms with van der Waals surface area (Å²) in [5, 5.41) is 7.03. The highest BCUT2D eigenvalue weighted by molar-refractivity contribution is 5.21. The molecule has 11 heavy (non-hydrogen) atoms. The molecule has 1 aromatic heterocycles. The molecule has 1 N–H and O–H groups in total. The van der Waals surface area contributed by atoms with Gasteiger partial charge in [-0.05, 0) is 30.7 Å². The molecule has 0 spiro atoms. The van der Waals surface area contributed by atoms with Gasteiger partial charge in [0.1, 0.15) is 0 Å². The van der Waals surface area contributed by atoms with Gasteiger partial charge in [0.15, 0.2) is 0 Å². The van der Waals surface area contributed by atoms with Gasteiger partial charge in [0.2, 0.25) is 0 Å². The van der Waals surface area contributed by atoms with Gasteiger partial charge in [0.05, 0.1) is 6.20 Å². The van der Waals surface area contributed by atoms with Gasteiger partial charge in [0.25, 0.3) is 0 Å². The lowest BCUT2D eigenvalue weighted by Gasteiger charge is -2.17. The largest absolute Gasteiger partial charge is 0.282 e. The molecule has 1 aliphatic carbocycles. The van der Waals surface area contributed by atoms with Crippen molar-refractivity contribution in [3.63, 3.8) is 0 Å². The summed E-state index contributed by atoms with van der Waals surface area (Å²) in [7, 11) is 0. The molecule has 0 aliphatic heterocycles. The molecule has 1 heterocycles. The highest BCUT2D eigenvalue weighted by Gasteiger charge is 2.16. The van der Waals surface area contributed by atoms with Crippen molar-refractivity contribution in [1.29, 1.82) is 0 Å². The predicted molar refractivity (Wildman–Crippen MR) is 44.3 cm³/mol. The number of aryl methyl sites for hydroxylation is 1. The molecule has 0 amide bonds. The minimum absolute atomic E-state index is 0.667. The maximum Gasteiger partial charge on any atom is 0.0522 e. The molecule has 0 aromatic carbocycles. The van der Waals surface area contributed by atoms with Gasteiger partial charge in [-0.3, -0.25) is 5.10 Å². The SMILES string of the molecule is C=CC1CCc2[nH]ncc2C1. The molecule has 2 heteroatoms. The lowest BCUT2D eigenvalue weighted by molar-refractivity contribution is 0.549. The molecule has 58 valence electrons. The van der Waals surface area contributed by atoms with Crippen LogP contribution in [0.2, 0.25) is 0 Å². The fourth-order valence-electron chi connectivity index (χ4n) is 1.65. The molecule has 0 radical (unpaired) electrons. The van der Waals surface area contributed by atoms with E-state index in [0.29, 0.717) is 5.92 Å². The monoisotopic (exact) mass is 148 g/mol. The Morgan fingerprint density at radius 2 is 2.64 bits per heavy atom. The van der Waals surface area contributed by atoms with Gasteiger partial charge >= 0.3 is 0 Å². The normalized spacial score (nSPS) is 22.7. The standard InChI is InChI=1S/C9H12N2/c1-2-7-3-4-9-8(5-7)6-10-11-9/h2,6-7H,1,3-5H2,(H,10,11). The maximum atomic E-state index is 4.01. The zero-order valence-corrected chi connectivity index (χ0v) is 6.51. The van der Waals surface area contributed by atoms with Gasteiger partial charge < -0.3 is 0 Å². The minimum Gasteiger partial charge on any atom is -0.282 e. The second-order valence-electron chi connectivity index (χ2n) is 3.11. The lowest BCUT2D eigenvalue weighted by Crippen LogP contribution is -2.10. The summed E-state index contributed by atoms with van der Waals surface area (Å²) in [6.07, 6.45) is 7.46. The number of hydrogen-bond acceptors (Lipinski definition) is 1. The van der Waals surface area contributed by atoms with Crippen LogP contribution in [0.25, 0.3) is 0 Å². The van der Waals surface area contributed by atoms with E-state index in [2.05, 4.69) is 22.9 Å². The van der Waals surface area contributed by atoms with Gasteiger partial charge in [-0.15, -0.1) is 6.58 Å². The van der Waals surface area contributed by atoms with Crippen LogP contribution in [0.5, 0.6) is 0 Å². The summed E-state index contributed by atoms with van der Waals surface area (Å²) in [6, 6.07) is 0. The smallest absolute Gasteiger partial charge is 0.0522 e. The van der Waals surface area contributed by atoms with Crippen LogP contribution in [0.15, 0.2) is 18.9 Å². The Morgan fingerprint density at radius 1 is 1.73 bits per heavy atom. The number of hydrogen-bond donors (Lipinski definition) is 1. The first-order chi connectivity index (χ1) is 5.40. The molecule has 2 rings (SSSR count). The van der Waals surface area contributed by atoms with Crippen molar-refractivity contribution in [3.8, 4) is 0 Å². The first-order valence-electron chi connectivity index (χ1n) is 4.04. The average molecular weight is 148 g/mol. The van der Waals surface area contributed by atoms with E-state index in [9.17, 15) is 0 Å². The molecular weight excluding hydrogens is 136 g/mol. The summed E-state index contributed by atoms with van der Waals surface area (Å²) in [5.41, 5.74) is 2.70. The molecule has 0 saturated heterocycles. The molecule has 1 atom stereocenters. The molecule has 2 nitrogen and oxygen atoms in total. The van der Waals surface area contributed by atoms with E-state index in [1.165, 1.54) is 17.7 Å². The van der Waals surface area contributed by atoms with E-state index in [1.807, 2.05) is 6.20 Å². The number of aromatic amines is 1. The van der Waals surface area contributed by atoms with E-state index in [4.69, 9.17) is 0 Å². The van der Waals surface area contributed by atoms with Gasteiger partial charge in [-0.1, -0.05) is 6.08 Å². The van der Waals surface area contributed by atoms with Crippen LogP contribution in [-0.2, 0) is 12.8 Å². The van der Waals surface area contributed by atoms with Crippen molar-refractivity contribution in [2.45, 2.75) is 19.3 Å². The number of H-pyrrole nitrogens is 1. The fourth-order valence-corrected chi connectivity index (χ4v) is 1.65. The van der Waals surface area contributed by atoms with E-state index in [-0.39, 0.29) is 0 Å². The minimum atomic E-state index is 0.667. The van der Waals surface area contributed by atoms with E-state index in [1.54, 1.807) is 0 Å². The summed E-state index contributed by atoms with van der Waals surface area (Å²) in [4.78, 5) is 0. The first-order valence-corrected chi connectivity index (χ1v) is 4.04. The molecule has 0 bridgehead atoms. The third-order valence-corrected chi connectivity index (χ3v) is 2.39. The Labute approximate surface area is 66.3 Å². The second kappa shape index (κ2) is 2.53. The highest BCUT2D eigenvalue weighted by atomic mass is 15.1. The Morgan fingerprint density at radius 3 is 3.45 bits per heavy atom. The zero-order valence-electron chi connectivity index (χ0n) is 6.51. The Bertz CT molecular complexity index is 262. The molecular formula is C9H12N2. The number of nitrogens with one attached hydrogen (secondary N) is 1. The fraction of sp³-hybridized carbons (Fsp3) is 0.444. The summed E-state index contributed by atoms with van der Waals surface area (Å²) >= 11 is 0. The quantitative estimate of drug-likeness (QED) is 0.603. The molecule has 1 aromatic rings. The van der Waals surface area contributed by atoms with Crippen molar-refractivity contribution < 1.29 is 0 Å². The van der Waals surface area contributed by atoms with Crippen molar-refractivity contribution in [3.05, 3.63) is 30.1 Å². The van der Waals surface area contributed by atoms with Crippen LogP contribution in [-0.4, -0.2) is 10.2 Å². The van der Waals surface area contributed by atoms with Crippen molar-refractivity contribution in [1.82, 2.24) is 10.2 Å². The van der Waals surface area contributed by atoms with Gasteiger partial charge in [-0.2, -0.15) is 5.10 Å². The Balaban J connectivity index is 2.24. The first kappa shape index (κ1) is 6.65. The van der Waals surface area contributed by atoms with Crippen molar-refractivity contribution in [2.24, 2.45) is 5.92 Å². The lowest BCUT2D eigenvalue weighted by atomic mass is 9.88. The number of nitrogens with zero attached hydrogens (tertiary/aromatic N) is 1. The molecule has 0 fully saturated rings. The van der Waals surface area contributed by atoms with Gasteiger partial charge in [0, 0.05) is 5.69 Å². The van der Waals surface area contributed by atoms with Crippen LogP contribution in [0, 0.1) is 5.92 Å². The van der Waals surface area contributed by atoms with Crippen molar-refractivity contribution >= 4 is 0 Å². The molecule has 0 saturated carbocycles. The molecule has 1 unspecified atom stereocenters. The summed E-state index contributed by atoms with van der Waals surface area (Å²) in [6.45, 7) is 3.81. The topological polar surface area (TPSA) is 28.7 Å². The van der Waals surface area contributed by atoms with Gasteiger partial charge in [-0.25, -0.2) is 0 Å². The number of rotatable bonds is 1. The number of allylic oxidation sites excluding steroid dienone is 1. The van der Waals surface area contributed by atoms with E-state index < -0.39 is 0 Å². The maximum absolute atomic E-state index is 4.01. The summed E-state index contributed by atoms with van der Waals surface area (Å²) < 4.78 is 0. The molecule has 1 aliphatic rings. The number of fused-ring (bicyclic) bond motifs is 1. The van der Waals surface area contributed by atoms with Crippen LogP contribution in [0.1, 0.15) is 17.7 Å². The Hall–Kier alpha value is -1.05. The highest BCUT2D eigenvalue weighted by Crippen LogP contribution is 2.23. The zero-order chi connectivity index (χ0) is 7.68. The van der Waals surface area contributed by atoms with E-state index >= 15 is 0 Å². The Kier molecular flexibility index (Phi) is 1.53. The summed E-state index contributed by atoms with van der Waals surface area (Å²) in [5.74, 6) is 0.667. The second-order valence-corrected chi connectivity index (χ2v) is 3.11. The third-order valence-electron chi connectivity index (χ3n) is 2.39. The average Bonchev–Trinajstić information content (AvgIpc) is 2.50. The van der Waals surface area contributed by atoms with Crippen molar-refractivity contribution in [2.75, 3.05) is 0 Å².